The summed E-state index contributed by atoms with van der Waals surface area (Å²) < 4.78 is 5.55. The van der Waals surface area contributed by atoms with Gasteiger partial charge in [-0.15, -0.1) is 0 Å². The van der Waals surface area contributed by atoms with Gasteiger partial charge in [-0.05, 0) is 59.8 Å². The Balaban J connectivity index is 1.77. The van der Waals surface area contributed by atoms with Crippen molar-refractivity contribution < 1.29 is 19.4 Å². The van der Waals surface area contributed by atoms with Gasteiger partial charge >= 0.3 is 5.97 Å². The Morgan fingerprint density at radius 2 is 1.97 bits per heavy atom. The minimum Gasteiger partial charge on any atom is -0.496 e. The van der Waals surface area contributed by atoms with Crippen LogP contribution in [0.3, 0.4) is 0 Å². The number of hydrogen-bond acceptors (Lipinski definition) is 5. The molecule has 0 aromatic heterocycles. The van der Waals surface area contributed by atoms with Crippen molar-refractivity contribution in [3.8, 4) is 5.75 Å². The van der Waals surface area contributed by atoms with Crippen molar-refractivity contribution in [1.82, 2.24) is 4.90 Å². The molecule has 0 spiro atoms. The zero-order valence-corrected chi connectivity index (χ0v) is 17.8. The van der Waals surface area contributed by atoms with Crippen molar-refractivity contribution in [2.75, 3.05) is 13.7 Å². The highest BCUT2D eigenvalue weighted by Crippen LogP contribution is 2.37. The van der Waals surface area contributed by atoms with Crippen molar-refractivity contribution in [1.29, 1.82) is 0 Å². The van der Waals surface area contributed by atoms with E-state index in [1.54, 1.807) is 24.1 Å². The summed E-state index contributed by atoms with van der Waals surface area (Å²) in [6, 6.07) is 18.2. The molecule has 3 aromatic carbocycles. The number of thioether (sulfide) groups is 1. The summed E-state index contributed by atoms with van der Waals surface area (Å²) in [5, 5.41) is 11.8. The Bertz CT molecular complexity index is 1250. The van der Waals surface area contributed by atoms with Gasteiger partial charge in [0, 0.05) is 12.1 Å². The van der Waals surface area contributed by atoms with Gasteiger partial charge in [-0.1, -0.05) is 36.4 Å². The maximum Gasteiger partial charge on any atom is 0.335 e. The van der Waals surface area contributed by atoms with Crippen LogP contribution < -0.4 is 4.74 Å². The maximum absolute atomic E-state index is 13.1. The molecule has 1 aliphatic heterocycles. The molecule has 156 valence electrons. The Morgan fingerprint density at radius 3 is 2.71 bits per heavy atom. The molecule has 0 unspecified atom stereocenters. The topological polar surface area (TPSA) is 79.2 Å². The molecule has 0 saturated carbocycles. The zero-order valence-electron chi connectivity index (χ0n) is 17.0. The van der Waals surface area contributed by atoms with E-state index in [1.165, 1.54) is 23.9 Å². The molecule has 31 heavy (non-hydrogen) atoms. The number of aliphatic imine (C=N–C) groups is 1. The summed E-state index contributed by atoms with van der Waals surface area (Å²) in [7, 11) is 1.61. The smallest absolute Gasteiger partial charge is 0.335 e. The molecule has 4 rings (SSSR count). The standard InChI is InChI=1S/C24H20N2O4S/c1-3-26-22(27)21(31-24(26)25-17-9-6-8-16(13-17)23(28)29)14-19-18-10-5-4-7-15(18)11-12-20(19)30-2/h4-14H,3H2,1-2H3,(H,28,29). The number of fused-ring (bicyclic) bond motifs is 1. The molecule has 7 heteroatoms. The summed E-state index contributed by atoms with van der Waals surface area (Å²) in [6.07, 6.45) is 1.84. The Kier molecular flexibility index (Phi) is 5.77. The van der Waals surface area contributed by atoms with Gasteiger partial charge in [0.15, 0.2) is 5.17 Å². The van der Waals surface area contributed by atoms with Crippen LogP contribution in [-0.2, 0) is 4.79 Å². The Hall–Kier alpha value is -3.58. The number of aromatic carboxylic acids is 1. The van der Waals surface area contributed by atoms with Crippen molar-refractivity contribution in [2.45, 2.75) is 6.92 Å². The van der Waals surface area contributed by atoms with Crippen molar-refractivity contribution >= 4 is 51.3 Å². The fraction of sp³-hybridized carbons (Fsp3) is 0.125. The van der Waals surface area contributed by atoms with Gasteiger partial charge in [-0.25, -0.2) is 9.79 Å². The van der Waals surface area contributed by atoms with Gasteiger partial charge in [-0.3, -0.25) is 9.69 Å². The second-order valence-corrected chi connectivity index (χ2v) is 7.82. The van der Waals surface area contributed by atoms with E-state index in [1.807, 2.05) is 49.4 Å². The average molecular weight is 433 g/mol. The maximum atomic E-state index is 13.1. The summed E-state index contributed by atoms with van der Waals surface area (Å²) in [6.45, 7) is 2.33. The number of hydrogen-bond donors (Lipinski definition) is 1. The number of amides is 1. The molecule has 1 fully saturated rings. The summed E-state index contributed by atoms with van der Waals surface area (Å²) in [5.74, 6) is -0.481. The van der Waals surface area contributed by atoms with E-state index in [0.29, 0.717) is 28.1 Å². The molecule has 1 heterocycles. The number of carboxylic acids is 1. The van der Waals surface area contributed by atoms with Gasteiger partial charge in [0.1, 0.15) is 5.75 Å². The minimum atomic E-state index is -1.02. The number of carbonyl (C=O) groups is 2. The number of rotatable bonds is 5. The van der Waals surface area contributed by atoms with Crippen molar-refractivity contribution in [3.63, 3.8) is 0 Å². The third kappa shape index (κ3) is 4.04. The van der Waals surface area contributed by atoms with Crippen LogP contribution in [0, 0.1) is 0 Å². The van der Waals surface area contributed by atoms with E-state index in [-0.39, 0.29) is 11.5 Å². The second kappa shape index (κ2) is 8.65. The summed E-state index contributed by atoms with van der Waals surface area (Å²) in [5.41, 5.74) is 1.47. The molecule has 1 N–H and O–H groups in total. The van der Waals surface area contributed by atoms with E-state index < -0.39 is 5.97 Å². The highest BCUT2D eigenvalue weighted by molar-refractivity contribution is 8.18. The first-order chi connectivity index (χ1) is 15.0. The summed E-state index contributed by atoms with van der Waals surface area (Å²) in [4.78, 5) is 31.0. The first kappa shape index (κ1) is 20.7. The molecule has 3 aromatic rings. The van der Waals surface area contributed by atoms with Gasteiger partial charge in [0.25, 0.3) is 5.91 Å². The lowest BCUT2D eigenvalue weighted by molar-refractivity contribution is -0.122. The molecule has 6 nitrogen and oxygen atoms in total. The lowest BCUT2D eigenvalue weighted by Crippen LogP contribution is -2.28. The lowest BCUT2D eigenvalue weighted by Gasteiger charge is -2.12. The molecule has 0 aliphatic carbocycles. The van der Waals surface area contributed by atoms with Gasteiger partial charge in [0.2, 0.25) is 0 Å². The van der Waals surface area contributed by atoms with Crippen LogP contribution in [0.15, 0.2) is 70.6 Å². The largest absolute Gasteiger partial charge is 0.496 e. The monoisotopic (exact) mass is 432 g/mol. The number of carbonyl (C=O) groups excluding carboxylic acids is 1. The SMILES string of the molecule is CCN1C(=O)C(=Cc2c(OC)ccc3ccccc23)SC1=Nc1cccc(C(=O)O)c1. The van der Waals surface area contributed by atoms with Crippen LogP contribution in [0.2, 0.25) is 0 Å². The molecule has 1 saturated heterocycles. The molecular formula is C24H20N2O4S. The number of benzene rings is 3. The van der Waals surface area contributed by atoms with Crippen LogP contribution in [0.5, 0.6) is 5.75 Å². The number of methoxy groups -OCH3 is 1. The van der Waals surface area contributed by atoms with Crippen LogP contribution in [0.4, 0.5) is 5.69 Å². The first-order valence-corrected chi connectivity index (χ1v) is 10.5. The fourth-order valence-corrected chi connectivity index (χ4v) is 4.47. The molecule has 1 aliphatic rings. The van der Waals surface area contributed by atoms with Gasteiger partial charge < -0.3 is 9.84 Å². The molecule has 0 atom stereocenters. The van der Waals surface area contributed by atoms with Crippen LogP contribution in [0.25, 0.3) is 16.8 Å². The molecule has 0 radical (unpaired) electrons. The van der Waals surface area contributed by atoms with Gasteiger partial charge in [0.05, 0.1) is 23.3 Å². The second-order valence-electron chi connectivity index (χ2n) is 6.81. The highest BCUT2D eigenvalue weighted by Gasteiger charge is 2.32. The van der Waals surface area contributed by atoms with E-state index in [9.17, 15) is 14.7 Å². The lowest BCUT2D eigenvalue weighted by atomic mass is 10.0. The summed E-state index contributed by atoms with van der Waals surface area (Å²) >= 11 is 1.27. The number of ether oxygens (including phenoxy) is 1. The number of amidine groups is 1. The molecule has 1 amide bonds. The third-order valence-electron chi connectivity index (χ3n) is 4.95. The minimum absolute atomic E-state index is 0.143. The van der Waals surface area contributed by atoms with Gasteiger partial charge in [-0.2, -0.15) is 0 Å². The fourth-order valence-electron chi connectivity index (χ4n) is 3.42. The van der Waals surface area contributed by atoms with Crippen molar-refractivity contribution in [2.24, 2.45) is 4.99 Å². The van der Waals surface area contributed by atoms with Crippen LogP contribution in [0.1, 0.15) is 22.8 Å². The number of likely N-dealkylation sites (N-methyl/N-ethyl adjacent to an activating group) is 1. The zero-order chi connectivity index (χ0) is 22.0. The van der Waals surface area contributed by atoms with E-state index in [2.05, 4.69) is 4.99 Å². The Labute approximate surface area is 183 Å². The van der Waals surface area contributed by atoms with Crippen LogP contribution in [-0.4, -0.2) is 40.7 Å². The quantitative estimate of drug-likeness (QED) is 0.563. The number of carboxylic acid groups (broad SMARTS) is 1. The van der Waals surface area contributed by atoms with Crippen molar-refractivity contribution in [3.05, 3.63) is 76.7 Å². The van der Waals surface area contributed by atoms with E-state index >= 15 is 0 Å². The predicted molar refractivity (Wildman–Crippen MR) is 124 cm³/mol. The first-order valence-electron chi connectivity index (χ1n) is 9.71. The number of nitrogens with zero attached hydrogens (tertiary/aromatic N) is 2. The van der Waals surface area contributed by atoms with E-state index in [4.69, 9.17) is 4.74 Å². The average Bonchev–Trinajstić information content (AvgIpc) is 3.07. The normalized spacial score (nSPS) is 16.5. The van der Waals surface area contributed by atoms with Crippen LogP contribution >= 0.6 is 11.8 Å². The van der Waals surface area contributed by atoms with E-state index in [0.717, 1.165) is 16.3 Å². The molecular weight excluding hydrogens is 412 g/mol. The highest BCUT2D eigenvalue weighted by atomic mass is 32.2. The Morgan fingerprint density at radius 1 is 1.16 bits per heavy atom. The predicted octanol–water partition coefficient (Wildman–Crippen LogP) is 5.17. The third-order valence-corrected chi connectivity index (χ3v) is 5.95. The molecule has 0 bridgehead atoms.